The van der Waals surface area contributed by atoms with Gasteiger partial charge in [0.25, 0.3) is 0 Å². The van der Waals surface area contributed by atoms with Crippen LogP contribution in [0.15, 0.2) is 42.5 Å². The van der Waals surface area contributed by atoms with Gasteiger partial charge < -0.3 is 18.9 Å². The molecule has 2 rings (SSSR count). The van der Waals surface area contributed by atoms with E-state index in [0.29, 0.717) is 22.8 Å². The zero-order valence-electron chi connectivity index (χ0n) is 14.6. The average molecular weight is 344 g/mol. The Morgan fingerprint density at radius 2 is 1.40 bits per heavy atom. The molecule has 2 aromatic carbocycles. The second kappa shape index (κ2) is 8.19. The van der Waals surface area contributed by atoms with E-state index < -0.39 is 12.1 Å². The van der Waals surface area contributed by atoms with Gasteiger partial charge in [-0.3, -0.25) is 4.79 Å². The van der Waals surface area contributed by atoms with Crippen LogP contribution in [0.5, 0.6) is 17.2 Å². The number of esters is 1. The monoisotopic (exact) mass is 344 g/mol. The number of ether oxygens (including phenoxy) is 4. The maximum absolute atomic E-state index is 12.5. The predicted octanol–water partition coefficient (Wildman–Crippen LogP) is 3.14. The third-order valence-electron chi connectivity index (χ3n) is 3.66. The van der Waals surface area contributed by atoms with Crippen LogP contribution in [0.3, 0.4) is 0 Å². The molecule has 0 N–H and O–H groups in total. The SMILES string of the molecule is COc1ccc(C(=O)[C@@H](C)OC(=O)c2c(OC)cccc2OC)cc1. The van der Waals surface area contributed by atoms with Crippen molar-refractivity contribution in [2.75, 3.05) is 21.3 Å². The van der Waals surface area contributed by atoms with Gasteiger partial charge in [0, 0.05) is 5.56 Å². The van der Waals surface area contributed by atoms with Gasteiger partial charge in [0.2, 0.25) is 5.78 Å². The van der Waals surface area contributed by atoms with Crippen LogP contribution in [-0.4, -0.2) is 39.2 Å². The largest absolute Gasteiger partial charge is 0.497 e. The number of hydrogen-bond acceptors (Lipinski definition) is 6. The van der Waals surface area contributed by atoms with Crippen LogP contribution >= 0.6 is 0 Å². The lowest BCUT2D eigenvalue weighted by Crippen LogP contribution is -2.25. The van der Waals surface area contributed by atoms with E-state index in [9.17, 15) is 9.59 Å². The molecule has 132 valence electrons. The van der Waals surface area contributed by atoms with Gasteiger partial charge >= 0.3 is 5.97 Å². The molecular formula is C19H20O6. The third-order valence-corrected chi connectivity index (χ3v) is 3.66. The van der Waals surface area contributed by atoms with Crippen LogP contribution < -0.4 is 14.2 Å². The Labute approximate surface area is 146 Å². The Hall–Kier alpha value is -3.02. The van der Waals surface area contributed by atoms with Crippen molar-refractivity contribution >= 4 is 11.8 Å². The molecule has 6 heteroatoms. The van der Waals surface area contributed by atoms with Crippen LogP contribution in [0.1, 0.15) is 27.6 Å². The number of carbonyl (C=O) groups excluding carboxylic acids is 2. The zero-order valence-corrected chi connectivity index (χ0v) is 14.6. The average Bonchev–Trinajstić information content (AvgIpc) is 2.66. The minimum Gasteiger partial charge on any atom is -0.497 e. The second-order valence-electron chi connectivity index (χ2n) is 5.18. The molecule has 0 aromatic heterocycles. The highest BCUT2D eigenvalue weighted by molar-refractivity contribution is 6.02. The number of Topliss-reactive ketones (excluding diaryl/α,β-unsaturated/α-hetero) is 1. The van der Waals surface area contributed by atoms with Crippen molar-refractivity contribution in [2.45, 2.75) is 13.0 Å². The summed E-state index contributed by atoms with van der Waals surface area (Å²) < 4.78 is 20.7. The maximum atomic E-state index is 12.5. The van der Waals surface area contributed by atoms with Crippen molar-refractivity contribution in [3.05, 3.63) is 53.6 Å². The summed E-state index contributed by atoms with van der Waals surface area (Å²) >= 11 is 0. The number of ketones is 1. The van der Waals surface area contributed by atoms with Crippen molar-refractivity contribution < 1.29 is 28.5 Å². The molecule has 0 radical (unpaired) electrons. The van der Waals surface area contributed by atoms with E-state index in [4.69, 9.17) is 18.9 Å². The van der Waals surface area contributed by atoms with Crippen LogP contribution in [0.4, 0.5) is 0 Å². The fourth-order valence-electron chi connectivity index (χ4n) is 2.32. The van der Waals surface area contributed by atoms with Gasteiger partial charge in [0.05, 0.1) is 21.3 Å². The highest BCUT2D eigenvalue weighted by Gasteiger charge is 2.25. The topological polar surface area (TPSA) is 71.1 Å². The first-order valence-corrected chi connectivity index (χ1v) is 7.62. The Bertz CT molecular complexity index is 729. The van der Waals surface area contributed by atoms with Crippen molar-refractivity contribution in [2.24, 2.45) is 0 Å². The Morgan fingerprint density at radius 1 is 0.840 bits per heavy atom. The predicted molar refractivity (Wildman–Crippen MR) is 91.7 cm³/mol. The van der Waals surface area contributed by atoms with Gasteiger partial charge in [-0.15, -0.1) is 0 Å². The van der Waals surface area contributed by atoms with Gasteiger partial charge in [0.15, 0.2) is 6.10 Å². The highest BCUT2D eigenvalue weighted by atomic mass is 16.6. The van der Waals surface area contributed by atoms with Gasteiger partial charge in [0.1, 0.15) is 22.8 Å². The molecule has 0 amide bonds. The molecule has 0 saturated carbocycles. The summed E-state index contributed by atoms with van der Waals surface area (Å²) in [5.74, 6) is 0.260. The molecule has 0 unspecified atom stereocenters. The van der Waals surface area contributed by atoms with Gasteiger partial charge in [-0.25, -0.2) is 4.79 Å². The van der Waals surface area contributed by atoms with E-state index in [1.807, 2.05) is 0 Å². The van der Waals surface area contributed by atoms with Crippen LogP contribution in [0.25, 0.3) is 0 Å². The minimum absolute atomic E-state index is 0.141. The van der Waals surface area contributed by atoms with Gasteiger partial charge in [-0.05, 0) is 43.3 Å². The number of hydrogen-bond donors (Lipinski definition) is 0. The third kappa shape index (κ3) is 4.09. The van der Waals surface area contributed by atoms with Crippen LogP contribution in [0.2, 0.25) is 0 Å². The number of benzene rings is 2. The summed E-state index contributed by atoms with van der Waals surface area (Å²) in [4.78, 5) is 24.9. The second-order valence-corrected chi connectivity index (χ2v) is 5.18. The minimum atomic E-state index is -0.962. The Kier molecular flexibility index (Phi) is 6.00. The summed E-state index contributed by atoms with van der Waals surface area (Å²) in [7, 11) is 4.43. The lowest BCUT2D eigenvalue weighted by Gasteiger charge is -2.16. The molecule has 0 fully saturated rings. The van der Waals surface area contributed by atoms with E-state index in [1.54, 1.807) is 49.6 Å². The Morgan fingerprint density at radius 3 is 1.88 bits per heavy atom. The molecule has 25 heavy (non-hydrogen) atoms. The summed E-state index contributed by atoms with van der Waals surface area (Å²) in [6, 6.07) is 11.5. The number of methoxy groups -OCH3 is 3. The summed E-state index contributed by atoms with van der Waals surface area (Å²) in [5, 5.41) is 0. The molecule has 1 atom stereocenters. The van der Waals surface area contributed by atoms with Gasteiger partial charge in [-0.2, -0.15) is 0 Å². The maximum Gasteiger partial charge on any atom is 0.346 e. The Balaban J connectivity index is 2.18. The molecule has 0 bridgehead atoms. The van der Waals surface area contributed by atoms with Crippen molar-refractivity contribution in [3.8, 4) is 17.2 Å². The standard InChI is InChI=1S/C19H20O6/c1-12(18(20)13-8-10-14(22-2)11-9-13)25-19(21)17-15(23-3)6-5-7-16(17)24-4/h5-12H,1-4H3/t12-/m1/s1. The van der Waals surface area contributed by atoms with E-state index in [2.05, 4.69) is 0 Å². The molecule has 0 spiro atoms. The van der Waals surface area contributed by atoms with E-state index >= 15 is 0 Å². The van der Waals surface area contributed by atoms with Crippen LogP contribution in [-0.2, 0) is 4.74 Å². The van der Waals surface area contributed by atoms with E-state index in [-0.39, 0.29) is 11.3 Å². The van der Waals surface area contributed by atoms with E-state index in [0.717, 1.165) is 0 Å². The lowest BCUT2D eigenvalue weighted by molar-refractivity contribution is 0.0312. The molecule has 6 nitrogen and oxygen atoms in total. The molecule has 0 aliphatic carbocycles. The molecule has 0 saturated heterocycles. The fraction of sp³-hybridized carbons (Fsp3) is 0.263. The first-order valence-electron chi connectivity index (χ1n) is 7.62. The quantitative estimate of drug-likeness (QED) is 0.568. The zero-order chi connectivity index (χ0) is 18.4. The normalized spacial score (nSPS) is 11.4. The van der Waals surface area contributed by atoms with E-state index in [1.165, 1.54) is 21.1 Å². The summed E-state index contributed by atoms with van der Waals surface area (Å²) in [5.41, 5.74) is 0.565. The van der Waals surface area contributed by atoms with Crippen molar-refractivity contribution in [1.29, 1.82) is 0 Å². The highest BCUT2D eigenvalue weighted by Crippen LogP contribution is 2.29. The molecule has 0 aliphatic rings. The van der Waals surface area contributed by atoms with Crippen molar-refractivity contribution in [1.82, 2.24) is 0 Å². The van der Waals surface area contributed by atoms with Crippen LogP contribution in [0, 0.1) is 0 Å². The first kappa shape index (κ1) is 18.3. The fourth-order valence-corrected chi connectivity index (χ4v) is 2.32. The number of carbonyl (C=O) groups is 2. The summed E-state index contributed by atoms with van der Waals surface area (Å²) in [6.45, 7) is 1.52. The first-order chi connectivity index (χ1) is 12.0. The summed E-state index contributed by atoms with van der Waals surface area (Å²) in [6.07, 6.45) is -0.962. The molecule has 0 heterocycles. The molecule has 0 aliphatic heterocycles. The van der Waals surface area contributed by atoms with Gasteiger partial charge in [-0.1, -0.05) is 6.07 Å². The molecule has 2 aromatic rings. The number of rotatable bonds is 7. The molecular weight excluding hydrogens is 324 g/mol. The smallest absolute Gasteiger partial charge is 0.346 e. The lowest BCUT2D eigenvalue weighted by atomic mass is 10.1. The van der Waals surface area contributed by atoms with Crippen molar-refractivity contribution in [3.63, 3.8) is 0 Å².